The molecule has 0 saturated carbocycles. The third-order valence-electron chi connectivity index (χ3n) is 3.58. The molecule has 110 valence electrons. The van der Waals surface area contributed by atoms with E-state index in [-0.39, 0.29) is 22.7 Å². The minimum Gasteiger partial charge on any atom is -0.387 e. The number of nitrogens with zero attached hydrogens (tertiary/aromatic N) is 3. The van der Waals surface area contributed by atoms with Crippen molar-refractivity contribution in [2.24, 2.45) is 0 Å². The van der Waals surface area contributed by atoms with Crippen LogP contribution in [0.15, 0.2) is 18.4 Å². The molecule has 5 N–H and O–H groups in total. The van der Waals surface area contributed by atoms with Gasteiger partial charge in [-0.1, -0.05) is 0 Å². The third kappa shape index (κ3) is 1.78. The van der Waals surface area contributed by atoms with Gasteiger partial charge in [-0.05, 0) is 12.1 Å². The van der Waals surface area contributed by atoms with Gasteiger partial charge < -0.3 is 15.3 Å². The van der Waals surface area contributed by atoms with Crippen molar-refractivity contribution < 1.29 is 21.4 Å². The Morgan fingerprint density at radius 3 is 3.05 bits per heavy atom. The molecule has 2 aromatic heterocycles. The molecule has 0 unspecified atom stereocenters. The molecular formula is C12H13N5O4. The number of fused-ring (bicyclic) bond motifs is 1. The Labute approximate surface area is 119 Å². The van der Waals surface area contributed by atoms with Crippen LogP contribution in [0.5, 0.6) is 0 Å². The number of nitrogens with one attached hydrogen (secondary N) is 2. The summed E-state index contributed by atoms with van der Waals surface area (Å²) in [6, 6.07) is 1.34. The van der Waals surface area contributed by atoms with Crippen molar-refractivity contribution in [3.63, 3.8) is 0 Å². The predicted octanol–water partition coefficient (Wildman–Crippen LogP) is -1.46. The van der Waals surface area contributed by atoms with E-state index in [9.17, 15) is 15.3 Å². The number of hydrogen-bond donors (Lipinski definition) is 5. The summed E-state index contributed by atoms with van der Waals surface area (Å²) in [6.45, 7) is 6.32. The normalized spacial score (nSPS) is 33.0. The summed E-state index contributed by atoms with van der Waals surface area (Å²) < 4.78 is 14.6. The molecule has 1 aliphatic rings. The van der Waals surface area contributed by atoms with Crippen LogP contribution in [0.2, 0.25) is 0 Å². The second-order valence-corrected chi connectivity index (χ2v) is 4.72. The topological polar surface area (TPSA) is 131 Å². The van der Waals surface area contributed by atoms with Crippen molar-refractivity contribution in [1.29, 1.82) is 5.41 Å². The zero-order valence-corrected chi connectivity index (χ0v) is 10.7. The van der Waals surface area contributed by atoms with Crippen LogP contribution in [0.1, 0.15) is 13.2 Å². The maximum absolute atomic E-state index is 10.2. The van der Waals surface area contributed by atoms with E-state index in [4.69, 9.17) is 18.1 Å². The van der Waals surface area contributed by atoms with Crippen LogP contribution < -0.4 is 5.49 Å². The van der Waals surface area contributed by atoms with E-state index in [2.05, 4.69) is 14.9 Å². The van der Waals surface area contributed by atoms with Crippen molar-refractivity contribution in [1.82, 2.24) is 14.6 Å². The highest BCUT2D eigenvalue weighted by Crippen LogP contribution is 2.40. The SMILES string of the molecule is [2H]c1cc([C@@H]2O[C@@](CO)([N+]#[C-])[C@@H](O)[C@H]2O)n2[nH]cnc(=N)c12. The number of H-pyrrole nitrogens is 1. The van der Waals surface area contributed by atoms with Gasteiger partial charge in [0, 0.05) is 0 Å². The van der Waals surface area contributed by atoms with Gasteiger partial charge in [0.15, 0.2) is 18.2 Å². The number of rotatable bonds is 2. The molecule has 9 nitrogen and oxygen atoms in total. The first-order chi connectivity index (χ1) is 10.4. The molecule has 9 heteroatoms. The minimum atomic E-state index is -1.95. The predicted molar refractivity (Wildman–Crippen MR) is 67.7 cm³/mol. The van der Waals surface area contributed by atoms with Crippen LogP contribution in [-0.2, 0) is 4.74 Å². The molecule has 21 heavy (non-hydrogen) atoms. The molecule has 1 saturated heterocycles. The smallest absolute Gasteiger partial charge is 0.387 e. The van der Waals surface area contributed by atoms with Crippen LogP contribution in [0.4, 0.5) is 0 Å². The number of ether oxygens (including phenoxy) is 1. The second kappa shape index (κ2) is 4.64. The van der Waals surface area contributed by atoms with Gasteiger partial charge in [-0.25, -0.2) is 11.6 Å². The summed E-state index contributed by atoms with van der Waals surface area (Å²) in [4.78, 5) is 6.83. The average Bonchev–Trinajstić information content (AvgIpc) is 2.98. The second-order valence-electron chi connectivity index (χ2n) is 4.72. The Hall–Kier alpha value is -2.25. The minimum absolute atomic E-state index is 0.0149. The van der Waals surface area contributed by atoms with Crippen LogP contribution in [0, 0.1) is 12.0 Å². The quantitative estimate of drug-likeness (QED) is 0.432. The van der Waals surface area contributed by atoms with Crippen molar-refractivity contribution in [3.8, 4) is 0 Å². The van der Waals surface area contributed by atoms with E-state index < -0.39 is 30.6 Å². The zero-order chi connectivity index (χ0) is 16.1. The van der Waals surface area contributed by atoms with Gasteiger partial charge in [0.1, 0.15) is 24.1 Å². The number of aromatic nitrogens is 3. The molecule has 0 radical (unpaired) electrons. The summed E-state index contributed by atoms with van der Waals surface area (Å²) in [7, 11) is 0. The van der Waals surface area contributed by atoms with Crippen LogP contribution >= 0.6 is 0 Å². The lowest BCUT2D eigenvalue weighted by Gasteiger charge is -2.16. The maximum atomic E-state index is 10.2. The highest BCUT2D eigenvalue weighted by Gasteiger charge is 2.61. The van der Waals surface area contributed by atoms with E-state index in [1.807, 2.05) is 0 Å². The molecule has 0 aromatic carbocycles. The van der Waals surface area contributed by atoms with Crippen LogP contribution in [0.3, 0.4) is 0 Å². The highest BCUT2D eigenvalue weighted by molar-refractivity contribution is 5.46. The molecule has 0 bridgehead atoms. The van der Waals surface area contributed by atoms with Crippen molar-refractivity contribution in [2.45, 2.75) is 24.0 Å². The fourth-order valence-electron chi connectivity index (χ4n) is 2.42. The van der Waals surface area contributed by atoms with Gasteiger partial charge in [0.2, 0.25) is 0 Å². The first-order valence-electron chi connectivity index (χ1n) is 6.59. The average molecular weight is 292 g/mol. The Bertz CT molecular complexity index is 827. The largest absolute Gasteiger partial charge is 0.389 e. The molecular weight excluding hydrogens is 278 g/mol. The van der Waals surface area contributed by atoms with Crippen molar-refractivity contribution >= 4 is 5.52 Å². The fourth-order valence-corrected chi connectivity index (χ4v) is 2.42. The Kier molecular flexibility index (Phi) is 2.76. The zero-order valence-electron chi connectivity index (χ0n) is 11.7. The lowest BCUT2D eigenvalue weighted by atomic mass is 10.0. The molecule has 0 spiro atoms. The van der Waals surface area contributed by atoms with E-state index in [0.717, 1.165) is 0 Å². The monoisotopic (exact) mass is 292 g/mol. The molecule has 4 atom stereocenters. The third-order valence-corrected chi connectivity index (χ3v) is 3.58. The van der Waals surface area contributed by atoms with E-state index in [0.29, 0.717) is 0 Å². The lowest BCUT2D eigenvalue weighted by molar-refractivity contribution is -0.0819. The molecule has 3 rings (SSSR count). The number of aliphatic hydroxyl groups is 3. The summed E-state index contributed by atoms with van der Waals surface area (Å²) in [6.07, 6.45) is -2.96. The van der Waals surface area contributed by atoms with Crippen molar-refractivity contribution in [2.75, 3.05) is 6.61 Å². The maximum Gasteiger partial charge on any atom is 0.389 e. The van der Waals surface area contributed by atoms with Crippen LogP contribution in [-0.4, -0.2) is 54.5 Å². The van der Waals surface area contributed by atoms with Gasteiger partial charge in [-0.2, -0.15) is 0 Å². The fraction of sp³-hybridized carbons (Fsp3) is 0.417. The number of aliphatic hydroxyl groups excluding tert-OH is 3. The Morgan fingerprint density at radius 1 is 1.67 bits per heavy atom. The molecule has 0 aliphatic carbocycles. The van der Waals surface area contributed by atoms with E-state index in [1.165, 1.54) is 16.9 Å². The van der Waals surface area contributed by atoms with Crippen molar-refractivity contribution in [3.05, 3.63) is 41.0 Å². The summed E-state index contributed by atoms with van der Waals surface area (Å²) >= 11 is 0. The molecule has 3 heterocycles. The number of hydrogen-bond acceptors (Lipinski definition) is 6. The molecule has 1 fully saturated rings. The van der Waals surface area contributed by atoms with E-state index >= 15 is 0 Å². The molecule has 2 aromatic rings. The standard InChI is InChI=1S/C12H13N5O4/c1-14-12(4-18)10(20)8(19)9(21-12)6-2-3-7-11(13)15-5-16-17(6)7/h2-3,5,8-10,18-20H,4H2,(H2,13,15,16)/t8-,9-,10-,12+/m0/s1/i3D. The summed E-state index contributed by atoms with van der Waals surface area (Å²) in [5, 5.41) is 39.9. The lowest BCUT2D eigenvalue weighted by Crippen LogP contribution is -2.43. The van der Waals surface area contributed by atoms with Gasteiger partial charge in [0.25, 0.3) is 0 Å². The molecule has 1 aliphatic heterocycles. The van der Waals surface area contributed by atoms with Gasteiger partial charge in [0.05, 0.1) is 7.06 Å². The summed E-state index contributed by atoms with van der Waals surface area (Å²) in [5.41, 5.74) is -1.66. The van der Waals surface area contributed by atoms with Crippen LogP contribution in [0.25, 0.3) is 10.4 Å². The number of aromatic amines is 1. The van der Waals surface area contributed by atoms with Gasteiger partial charge in [-0.15, -0.1) is 0 Å². The summed E-state index contributed by atoms with van der Waals surface area (Å²) in [5.74, 6) is 0. The molecule has 0 amide bonds. The van der Waals surface area contributed by atoms with Gasteiger partial charge in [-0.3, -0.25) is 24.6 Å². The Balaban J connectivity index is 2.16. The highest BCUT2D eigenvalue weighted by atomic mass is 16.6. The Morgan fingerprint density at radius 2 is 2.43 bits per heavy atom. The first kappa shape index (κ1) is 12.5. The van der Waals surface area contributed by atoms with E-state index in [1.54, 1.807) is 0 Å². The van der Waals surface area contributed by atoms with Gasteiger partial charge >= 0.3 is 5.72 Å². The first-order valence-corrected chi connectivity index (χ1v) is 6.09.